The van der Waals surface area contributed by atoms with Crippen molar-refractivity contribution >= 4 is 21.6 Å². The van der Waals surface area contributed by atoms with E-state index in [1.807, 2.05) is 31.2 Å². The molecule has 148 valence electrons. The molecule has 7 heteroatoms. The smallest absolute Gasteiger partial charge is 0.264 e. The lowest BCUT2D eigenvalue weighted by atomic mass is 10.0. The fourth-order valence-corrected chi connectivity index (χ4v) is 5.56. The summed E-state index contributed by atoms with van der Waals surface area (Å²) in [5.41, 5.74) is 2.19. The minimum absolute atomic E-state index is 0.0792. The highest BCUT2D eigenvalue weighted by Gasteiger charge is 2.30. The van der Waals surface area contributed by atoms with Crippen molar-refractivity contribution in [2.75, 3.05) is 30.5 Å². The fraction of sp³-hybridized carbons (Fsp3) is 0.381. The summed E-state index contributed by atoms with van der Waals surface area (Å²) in [5, 5.41) is 3.26. The number of rotatable bonds is 3. The third kappa shape index (κ3) is 3.40. The number of para-hydroxylation sites is 1. The van der Waals surface area contributed by atoms with Gasteiger partial charge in [-0.2, -0.15) is 0 Å². The van der Waals surface area contributed by atoms with Crippen LogP contribution >= 0.6 is 0 Å². The Balaban J connectivity index is 1.67. The van der Waals surface area contributed by atoms with Gasteiger partial charge in [0.2, 0.25) is 0 Å². The number of nitrogens with one attached hydrogen (secondary N) is 1. The second kappa shape index (κ2) is 7.56. The van der Waals surface area contributed by atoms with Gasteiger partial charge in [-0.05, 0) is 49.6 Å². The number of piperazine rings is 1. The Bertz CT molecular complexity index is 990. The molecular weight excluding hydrogens is 374 g/mol. The van der Waals surface area contributed by atoms with E-state index < -0.39 is 10.0 Å². The van der Waals surface area contributed by atoms with Crippen LogP contribution in [0.25, 0.3) is 0 Å². The number of sulfonamides is 1. The number of aryl methyl sites for hydroxylation is 1. The van der Waals surface area contributed by atoms with Crippen LogP contribution in [-0.4, -0.2) is 51.4 Å². The van der Waals surface area contributed by atoms with Crippen molar-refractivity contribution in [2.45, 2.75) is 30.7 Å². The fourth-order valence-electron chi connectivity index (χ4n) is 3.97. The molecule has 1 atom stereocenters. The van der Waals surface area contributed by atoms with Crippen molar-refractivity contribution in [1.82, 2.24) is 10.2 Å². The van der Waals surface area contributed by atoms with Crippen LogP contribution in [0.3, 0.4) is 0 Å². The minimum atomic E-state index is -3.73. The molecule has 2 aliphatic heterocycles. The number of hydrogen-bond donors (Lipinski definition) is 1. The van der Waals surface area contributed by atoms with E-state index in [1.54, 1.807) is 23.1 Å². The Morgan fingerprint density at radius 2 is 1.93 bits per heavy atom. The van der Waals surface area contributed by atoms with E-state index in [4.69, 9.17) is 0 Å². The van der Waals surface area contributed by atoms with Gasteiger partial charge >= 0.3 is 0 Å². The molecule has 1 fully saturated rings. The van der Waals surface area contributed by atoms with Crippen molar-refractivity contribution in [3.63, 3.8) is 0 Å². The molecule has 2 heterocycles. The van der Waals surface area contributed by atoms with E-state index in [1.165, 1.54) is 10.4 Å². The summed E-state index contributed by atoms with van der Waals surface area (Å²) >= 11 is 0. The van der Waals surface area contributed by atoms with Gasteiger partial charge in [-0.3, -0.25) is 9.10 Å². The lowest BCUT2D eigenvalue weighted by molar-refractivity contribution is 0.0655. The molecule has 0 unspecified atom stereocenters. The van der Waals surface area contributed by atoms with Crippen LogP contribution in [0.2, 0.25) is 0 Å². The first-order valence-electron chi connectivity index (χ1n) is 9.71. The van der Waals surface area contributed by atoms with Gasteiger partial charge in [-0.1, -0.05) is 24.3 Å². The van der Waals surface area contributed by atoms with Gasteiger partial charge in [0, 0.05) is 37.8 Å². The maximum atomic E-state index is 13.4. The van der Waals surface area contributed by atoms with Crippen molar-refractivity contribution in [3.8, 4) is 0 Å². The second-order valence-corrected chi connectivity index (χ2v) is 9.25. The largest absolute Gasteiger partial charge is 0.333 e. The maximum Gasteiger partial charge on any atom is 0.264 e. The number of fused-ring (bicyclic) bond motifs is 1. The number of anilines is 1. The zero-order valence-corrected chi connectivity index (χ0v) is 16.8. The Morgan fingerprint density at radius 3 is 2.75 bits per heavy atom. The Hall–Kier alpha value is -2.38. The minimum Gasteiger partial charge on any atom is -0.333 e. The Morgan fingerprint density at radius 1 is 1.11 bits per heavy atom. The van der Waals surface area contributed by atoms with E-state index in [2.05, 4.69) is 5.32 Å². The van der Waals surface area contributed by atoms with Crippen molar-refractivity contribution < 1.29 is 13.2 Å². The normalized spacial score (nSPS) is 20.0. The first kappa shape index (κ1) is 19.0. The van der Waals surface area contributed by atoms with E-state index in [-0.39, 0.29) is 16.8 Å². The predicted molar refractivity (Wildman–Crippen MR) is 109 cm³/mol. The standard InChI is InChI=1S/C21H25N3O3S/c1-16-15-22-11-13-23(16)21(25)18-7-4-9-19(14-18)28(26,27)24-12-5-8-17-6-2-3-10-20(17)24/h2-4,6-7,9-10,14,16,22H,5,8,11-13,15H2,1H3/t16-/m1/s1. The molecule has 6 nitrogen and oxygen atoms in total. The van der Waals surface area contributed by atoms with Crippen LogP contribution in [0.15, 0.2) is 53.4 Å². The van der Waals surface area contributed by atoms with Crippen LogP contribution in [0, 0.1) is 0 Å². The molecule has 0 aliphatic carbocycles. The summed E-state index contributed by atoms with van der Waals surface area (Å²) in [4.78, 5) is 14.9. The van der Waals surface area contributed by atoms with Crippen molar-refractivity contribution in [2.24, 2.45) is 0 Å². The number of hydrogen-bond acceptors (Lipinski definition) is 4. The van der Waals surface area contributed by atoms with Crippen molar-refractivity contribution in [3.05, 3.63) is 59.7 Å². The lowest BCUT2D eigenvalue weighted by Crippen LogP contribution is -2.52. The average Bonchev–Trinajstić information content (AvgIpc) is 2.73. The number of carbonyl (C=O) groups is 1. The molecule has 2 aromatic rings. The van der Waals surface area contributed by atoms with Crippen LogP contribution in [-0.2, 0) is 16.4 Å². The zero-order valence-electron chi connectivity index (χ0n) is 16.0. The monoisotopic (exact) mass is 399 g/mol. The van der Waals surface area contributed by atoms with Crippen LogP contribution in [0.1, 0.15) is 29.3 Å². The van der Waals surface area contributed by atoms with E-state index >= 15 is 0 Å². The summed E-state index contributed by atoms with van der Waals surface area (Å²) in [6, 6.07) is 14.1. The van der Waals surface area contributed by atoms with Crippen LogP contribution in [0.5, 0.6) is 0 Å². The van der Waals surface area contributed by atoms with E-state index in [9.17, 15) is 13.2 Å². The first-order chi connectivity index (χ1) is 13.5. The van der Waals surface area contributed by atoms with E-state index in [0.717, 1.165) is 37.2 Å². The topological polar surface area (TPSA) is 69.7 Å². The summed E-state index contributed by atoms with van der Waals surface area (Å²) in [5.74, 6) is -0.120. The molecule has 28 heavy (non-hydrogen) atoms. The molecule has 0 aromatic heterocycles. The van der Waals surface area contributed by atoms with Gasteiger partial charge in [-0.15, -0.1) is 0 Å². The van der Waals surface area contributed by atoms with Crippen LogP contribution in [0.4, 0.5) is 5.69 Å². The molecule has 4 rings (SSSR count). The average molecular weight is 400 g/mol. The number of nitrogens with zero attached hydrogens (tertiary/aromatic N) is 2. The molecule has 1 N–H and O–H groups in total. The van der Waals surface area contributed by atoms with Gasteiger partial charge in [-0.25, -0.2) is 8.42 Å². The predicted octanol–water partition coefficient (Wildman–Crippen LogP) is 2.26. The highest BCUT2D eigenvalue weighted by Crippen LogP contribution is 2.32. The molecule has 2 aromatic carbocycles. The number of carbonyl (C=O) groups excluding carboxylic acids is 1. The summed E-state index contributed by atoms with van der Waals surface area (Å²) in [7, 11) is -3.73. The highest BCUT2D eigenvalue weighted by atomic mass is 32.2. The summed E-state index contributed by atoms with van der Waals surface area (Å²) < 4.78 is 28.2. The molecule has 0 saturated carbocycles. The molecule has 1 amide bonds. The SMILES string of the molecule is C[C@@H]1CNCCN1C(=O)c1cccc(S(=O)(=O)N2CCCc3ccccc32)c1. The van der Waals surface area contributed by atoms with Gasteiger partial charge in [0.15, 0.2) is 0 Å². The summed E-state index contributed by atoms with van der Waals surface area (Å²) in [6.45, 7) is 4.56. The van der Waals surface area contributed by atoms with Gasteiger partial charge in [0.05, 0.1) is 10.6 Å². The zero-order chi connectivity index (χ0) is 19.7. The second-order valence-electron chi connectivity index (χ2n) is 7.39. The van der Waals surface area contributed by atoms with Gasteiger partial charge in [0.1, 0.15) is 0 Å². The third-order valence-electron chi connectivity index (χ3n) is 5.50. The Kier molecular flexibility index (Phi) is 5.12. The van der Waals surface area contributed by atoms with Crippen LogP contribution < -0.4 is 9.62 Å². The first-order valence-corrected chi connectivity index (χ1v) is 11.1. The highest BCUT2D eigenvalue weighted by molar-refractivity contribution is 7.92. The molecule has 0 spiro atoms. The van der Waals surface area contributed by atoms with Gasteiger partial charge in [0.25, 0.3) is 15.9 Å². The quantitative estimate of drug-likeness (QED) is 0.860. The number of amides is 1. The van der Waals surface area contributed by atoms with Gasteiger partial charge < -0.3 is 10.2 Å². The molecule has 0 radical (unpaired) electrons. The molecule has 1 saturated heterocycles. The lowest BCUT2D eigenvalue weighted by Gasteiger charge is -2.34. The molecule has 0 bridgehead atoms. The Labute approximate surface area is 166 Å². The summed E-state index contributed by atoms with van der Waals surface area (Å²) in [6.07, 6.45) is 1.66. The number of benzene rings is 2. The third-order valence-corrected chi connectivity index (χ3v) is 7.31. The van der Waals surface area contributed by atoms with Crippen molar-refractivity contribution in [1.29, 1.82) is 0 Å². The van der Waals surface area contributed by atoms with E-state index in [0.29, 0.717) is 18.7 Å². The maximum absolute atomic E-state index is 13.4. The molecular formula is C21H25N3O3S. The molecule has 2 aliphatic rings.